The molecule has 0 aliphatic carbocycles. The molecule has 1 aliphatic heterocycles. The van der Waals surface area contributed by atoms with Gasteiger partial charge in [0, 0.05) is 19.7 Å². The minimum atomic E-state index is -0.927. The van der Waals surface area contributed by atoms with E-state index in [1.54, 1.807) is 12.3 Å². The Morgan fingerprint density at radius 1 is 1.39 bits per heavy atom. The summed E-state index contributed by atoms with van der Waals surface area (Å²) < 4.78 is 7.63. The summed E-state index contributed by atoms with van der Waals surface area (Å²) in [7, 11) is 1.00. The molecule has 0 spiro atoms. The summed E-state index contributed by atoms with van der Waals surface area (Å²) >= 11 is 5.84. The van der Waals surface area contributed by atoms with Crippen LogP contribution in [0.1, 0.15) is 64.5 Å². The number of unbranched alkanes of at least 4 members (excludes halogenated alkanes) is 5. The van der Waals surface area contributed by atoms with Gasteiger partial charge in [-0.05, 0) is 36.9 Å². The second kappa shape index (κ2) is 14.0. The fourth-order valence-corrected chi connectivity index (χ4v) is 3.46. The summed E-state index contributed by atoms with van der Waals surface area (Å²) in [6.45, 7) is 1.98. The van der Waals surface area contributed by atoms with Crippen LogP contribution in [0, 0.1) is 12.3 Å². The molecule has 0 saturated carbocycles. The lowest BCUT2D eigenvalue weighted by Gasteiger charge is -2.21. The summed E-state index contributed by atoms with van der Waals surface area (Å²) in [5.74, 6) is 2.84. The number of ether oxygens (including phenoxy) is 1. The Kier molecular flexibility index (Phi) is 12.1. The van der Waals surface area contributed by atoms with E-state index in [1.165, 1.54) is 25.7 Å². The predicted molar refractivity (Wildman–Crippen MR) is 123 cm³/mol. The number of hydrogen-bond donors (Lipinski definition) is 3. The average Bonchev–Trinajstić information content (AvgIpc) is 3.40. The molecule has 0 aromatic carbocycles. The highest BCUT2D eigenvalue weighted by Crippen LogP contribution is 2.37. The van der Waals surface area contributed by atoms with Crippen LogP contribution in [0.25, 0.3) is 11.0 Å². The number of aldehydes is 1. The molecule has 172 valence electrons. The van der Waals surface area contributed by atoms with Crippen molar-refractivity contribution in [3.63, 3.8) is 0 Å². The lowest BCUT2D eigenvalue weighted by molar-refractivity contribution is -0.107. The van der Waals surface area contributed by atoms with E-state index >= 15 is 0 Å². The highest BCUT2D eigenvalue weighted by Gasteiger charge is 2.39. The Morgan fingerprint density at radius 2 is 2.10 bits per heavy atom. The SMILES string of the molecule is C#CC1(CO)CCC(n2ccc3c(N)nc(Cl)nc32)O1.CCCCCCCC=O.CO. The number of aromatic nitrogens is 3. The normalized spacial score (nSPS) is 19.7. The van der Waals surface area contributed by atoms with E-state index in [-0.39, 0.29) is 18.1 Å². The number of aliphatic hydroxyl groups excluding tert-OH is 2. The van der Waals surface area contributed by atoms with Gasteiger partial charge in [-0.15, -0.1) is 6.42 Å². The smallest absolute Gasteiger partial charge is 0.226 e. The van der Waals surface area contributed by atoms with Gasteiger partial charge in [0.15, 0.2) is 5.60 Å². The molecule has 4 N–H and O–H groups in total. The third-order valence-electron chi connectivity index (χ3n) is 4.99. The van der Waals surface area contributed by atoms with Gasteiger partial charge in [-0.25, -0.2) is 4.98 Å². The number of nitrogen functional groups attached to an aromatic ring is 1. The fourth-order valence-electron chi connectivity index (χ4n) is 3.29. The quantitative estimate of drug-likeness (QED) is 0.242. The molecule has 0 radical (unpaired) electrons. The predicted octanol–water partition coefficient (Wildman–Crippen LogP) is 3.49. The van der Waals surface area contributed by atoms with E-state index in [4.69, 9.17) is 33.6 Å². The molecule has 2 unspecified atom stereocenters. The highest BCUT2D eigenvalue weighted by atomic mass is 35.5. The zero-order chi connectivity index (χ0) is 23.3. The maximum Gasteiger partial charge on any atom is 0.226 e. The Morgan fingerprint density at radius 3 is 2.68 bits per heavy atom. The monoisotopic (exact) mass is 452 g/mol. The molecule has 2 atom stereocenters. The molecule has 0 amide bonds. The van der Waals surface area contributed by atoms with Crippen LogP contribution in [-0.4, -0.2) is 50.4 Å². The summed E-state index contributed by atoms with van der Waals surface area (Å²) in [4.78, 5) is 17.9. The molecule has 0 bridgehead atoms. The molecule has 8 nitrogen and oxygen atoms in total. The first-order chi connectivity index (χ1) is 15.0. The van der Waals surface area contributed by atoms with Gasteiger partial charge in [0.05, 0.1) is 12.0 Å². The lowest BCUT2D eigenvalue weighted by atomic mass is 10.0. The first-order valence-corrected chi connectivity index (χ1v) is 10.8. The number of carbonyl (C=O) groups excluding carboxylic acids is 1. The summed E-state index contributed by atoms with van der Waals surface area (Å²) in [6, 6.07) is 1.80. The Balaban J connectivity index is 0.000000372. The van der Waals surface area contributed by atoms with Crippen LogP contribution in [0.4, 0.5) is 5.82 Å². The van der Waals surface area contributed by atoms with Gasteiger partial charge >= 0.3 is 0 Å². The van der Waals surface area contributed by atoms with Crippen LogP contribution in [-0.2, 0) is 9.53 Å². The zero-order valence-corrected chi connectivity index (χ0v) is 19.0. The molecule has 1 aliphatic rings. The molecule has 2 aromatic rings. The number of nitrogens with zero attached hydrogens (tertiary/aromatic N) is 3. The molecule has 3 heterocycles. The third-order valence-corrected chi connectivity index (χ3v) is 5.15. The van der Waals surface area contributed by atoms with Crippen molar-refractivity contribution in [2.24, 2.45) is 0 Å². The summed E-state index contributed by atoms with van der Waals surface area (Å²) in [5, 5.41) is 17.2. The second-order valence-corrected chi connectivity index (χ2v) is 7.45. The van der Waals surface area contributed by atoms with Crippen LogP contribution >= 0.6 is 11.6 Å². The van der Waals surface area contributed by atoms with Crippen LogP contribution < -0.4 is 5.73 Å². The fraction of sp³-hybridized carbons (Fsp3) is 0.591. The van der Waals surface area contributed by atoms with Gasteiger partial charge in [-0.3, -0.25) is 0 Å². The standard InChI is InChI=1S/C13H13ClN4O2.C8H16O.CH4O/c1-2-13(7-19)5-3-9(20-13)18-6-4-8-10(15)16-12(14)17-11(8)18;1-2-3-4-5-6-7-8-9;1-2/h1,4,6,9,19H,3,5,7H2,(H2,15,16,17);8H,2-7H2,1H3;2H,1H3. The average molecular weight is 453 g/mol. The Bertz CT molecular complexity index is 852. The maximum absolute atomic E-state index is 9.84. The largest absolute Gasteiger partial charge is 0.400 e. The minimum Gasteiger partial charge on any atom is -0.400 e. The van der Waals surface area contributed by atoms with Crippen molar-refractivity contribution >= 4 is 34.7 Å². The van der Waals surface area contributed by atoms with Crippen molar-refractivity contribution in [2.75, 3.05) is 19.5 Å². The topological polar surface area (TPSA) is 123 Å². The van der Waals surface area contributed by atoms with Gasteiger partial charge in [0.25, 0.3) is 0 Å². The van der Waals surface area contributed by atoms with E-state index in [0.29, 0.717) is 29.7 Å². The van der Waals surface area contributed by atoms with Crippen molar-refractivity contribution in [1.29, 1.82) is 0 Å². The van der Waals surface area contributed by atoms with Gasteiger partial charge in [0.1, 0.15) is 24.0 Å². The Hall–Kier alpha value is -2.18. The van der Waals surface area contributed by atoms with E-state index in [9.17, 15) is 9.90 Å². The van der Waals surface area contributed by atoms with Crippen LogP contribution in [0.15, 0.2) is 12.3 Å². The zero-order valence-electron chi connectivity index (χ0n) is 18.3. The van der Waals surface area contributed by atoms with Crippen molar-refractivity contribution in [3.05, 3.63) is 17.5 Å². The first kappa shape index (κ1) is 26.9. The van der Waals surface area contributed by atoms with Gasteiger partial charge in [-0.2, -0.15) is 4.98 Å². The molecule has 1 fully saturated rings. The number of anilines is 1. The molecule has 9 heteroatoms. The number of aliphatic hydroxyl groups is 2. The lowest BCUT2D eigenvalue weighted by Crippen LogP contribution is -2.31. The third kappa shape index (κ3) is 7.47. The number of nitrogens with two attached hydrogens (primary N) is 1. The molecular formula is C22H33ClN4O4. The van der Waals surface area contributed by atoms with Crippen molar-refractivity contribution in [1.82, 2.24) is 14.5 Å². The minimum absolute atomic E-state index is 0.0818. The molecule has 1 saturated heterocycles. The second-order valence-electron chi connectivity index (χ2n) is 7.12. The molecule has 31 heavy (non-hydrogen) atoms. The van der Waals surface area contributed by atoms with Crippen molar-refractivity contribution < 1.29 is 19.7 Å². The van der Waals surface area contributed by atoms with E-state index in [1.807, 2.05) is 4.57 Å². The number of terminal acetylenes is 1. The van der Waals surface area contributed by atoms with Gasteiger partial charge in [-0.1, -0.05) is 38.5 Å². The number of fused-ring (bicyclic) bond motifs is 1. The van der Waals surface area contributed by atoms with Crippen LogP contribution in [0.2, 0.25) is 5.28 Å². The molecular weight excluding hydrogens is 420 g/mol. The summed E-state index contributed by atoms with van der Waals surface area (Å²) in [5.41, 5.74) is 5.48. The van der Waals surface area contributed by atoms with Crippen LogP contribution in [0.5, 0.6) is 0 Å². The first-order valence-electron chi connectivity index (χ1n) is 10.4. The maximum atomic E-state index is 9.84. The number of halogens is 1. The molecule has 3 rings (SSSR count). The Labute approximate surface area is 188 Å². The number of carbonyl (C=O) groups is 1. The van der Waals surface area contributed by atoms with E-state index in [2.05, 4.69) is 22.8 Å². The van der Waals surface area contributed by atoms with E-state index in [0.717, 1.165) is 26.2 Å². The van der Waals surface area contributed by atoms with Gasteiger partial charge < -0.3 is 30.0 Å². The highest BCUT2D eigenvalue weighted by molar-refractivity contribution is 6.28. The van der Waals surface area contributed by atoms with Crippen molar-refractivity contribution in [3.8, 4) is 12.3 Å². The molecule has 2 aromatic heterocycles. The number of rotatable bonds is 8. The van der Waals surface area contributed by atoms with Crippen LogP contribution in [0.3, 0.4) is 0 Å². The van der Waals surface area contributed by atoms with Gasteiger partial charge in [0.2, 0.25) is 5.28 Å². The summed E-state index contributed by atoms with van der Waals surface area (Å²) in [6.07, 6.45) is 16.2. The van der Waals surface area contributed by atoms with Crippen molar-refractivity contribution in [2.45, 2.75) is 70.1 Å². The van der Waals surface area contributed by atoms with E-state index < -0.39 is 5.60 Å². The number of hydrogen-bond acceptors (Lipinski definition) is 7.